The first-order valence-corrected chi connectivity index (χ1v) is 8.57. The normalized spacial score (nSPS) is 22.9. The summed E-state index contributed by atoms with van der Waals surface area (Å²) in [6.45, 7) is 5.90. The molecule has 3 nitrogen and oxygen atoms in total. The second kappa shape index (κ2) is 4.15. The second-order valence-corrected chi connectivity index (χ2v) is 7.92. The van der Waals surface area contributed by atoms with Crippen LogP contribution in [-0.2, 0) is 5.41 Å². The Morgan fingerprint density at radius 3 is 2.68 bits per heavy atom. The van der Waals surface area contributed by atoms with E-state index in [0.29, 0.717) is 0 Å². The fraction of sp³-hybridized carbons (Fsp3) is 0.526. The highest BCUT2D eigenvalue weighted by molar-refractivity contribution is 5.67. The van der Waals surface area contributed by atoms with E-state index in [0.717, 1.165) is 18.5 Å². The quantitative estimate of drug-likeness (QED) is 0.852. The Morgan fingerprint density at radius 2 is 1.95 bits per heavy atom. The molecule has 0 saturated heterocycles. The van der Waals surface area contributed by atoms with Crippen LogP contribution in [0.4, 0.5) is 5.69 Å². The highest BCUT2D eigenvalue weighted by Crippen LogP contribution is 2.46. The first-order chi connectivity index (χ1) is 10.6. The molecule has 0 unspecified atom stereocenters. The third-order valence-corrected chi connectivity index (χ3v) is 5.47. The van der Waals surface area contributed by atoms with Crippen LogP contribution >= 0.6 is 0 Å². The molecular weight excluding hydrogens is 270 g/mol. The average Bonchev–Trinajstić information content (AvgIpc) is 3.43. The Kier molecular flexibility index (Phi) is 2.41. The minimum absolute atomic E-state index is 0.268. The van der Waals surface area contributed by atoms with E-state index in [-0.39, 0.29) is 5.41 Å². The number of nitrogens with zero attached hydrogens (tertiary/aromatic N) is 3. The smallest absolute Gasteiger partial charge is 0.0995 e. The Labute approximate surface area is 132 Å². The third-order valence-electron chi connectivity index (χ3n) is 5.47. The predicted octanol–water partition coefficient (Wildman–Crippen LogP) is 4.01. The molecule has 1 aliphatic heterocycles. The van der Waals surface area contributed by atoms with E-state index in [2.05, 4.69) is 52.7 Å². The molecule has 0 N–H and O–H groups in total. The fourth-order valence-electron chi connectivity index (χ4n) is 3.87. The number of hydrogen-bond donors (Lipinski definition) is 0. The Bertz CT molecular complexity index is 735. The number of aromatic nitrogens is 2. The van der Waals surface area contributed by atoms with Crippen LogP contribution in [0.2, 0.25) is 0 Å². The lowest BCUT2D eigenvalue weighted by atomic mass is 9.87. The van der Waals surface area contributed by atoms with Crippen molar-refractivity contribution in [3.8, 4) is 5.69 Å². The maximum atomic E-state index is 4.59. The van der Waals surface area contributed by atoms with E-state index < -0.39 is 0 Å². The molecule has 2 saturated carbocycles. The molecular formula is C19H23N3. The first-order valence-electron chi connectivity index (χ1n) is 8.57. The van der Waals surface area contributed by atoms with Gasteiger partial charge in [0, 0.05) is 41.5 Å². The lowest BCUT2D eigenvalue weighted by molar-refractivity contribution is 0.549. The summed E-state index contributed by atoms with van der Waals surface area (Å²) in [6.07, 6.45) is 9.54. The van der Waals surface area contributed by atoms with Gasteiger partial charge in [0.25, 0.3) is 0 Å². The molecule has 1 aromatic carbocycles. The largest absolute Gasteiger partial charge is 0.367 e. The molecule has 2 fully saturated rings. The number of imidazole rings is 1. The monoisotopic (exact) mass is 293 g/mol. The number of benzene rings is 1. The van der Waals surface area contributed by atoms with Gasteiger partial charge in [-0.1, -0.05) is 19.9 Å². The summed E-state index contributed by atoms with van der Waals surface area (Å²) in [5.74, 6) is 0.720. The zero-order valence-electron chi connectivity index (χ0n) is 13.4. The van der Waals surface area contributed by atoms with E-state index in [1.165, 1.54) is 48.3 Å². The summed E-state index contributed by atoms with van der Waals surface area (Å²) < 4.78 is 2.20. The predicted molar refractivity (Wildman–Crippen MR) is 88.9 cm³/mol. The van der Waals surface area contributed by atoms with Gasteiger partial charge in [0.2, 0.25) is 0 Å². The standard InChI is InChI=1S/C19H23N3/c1-19(2)11-22(14-5-6-14)18-9-15(7-8-16(18)19)21-10-17(20-12-21)13-3-4-13/h7-10,12-14H,3-6,11H2,1-2H3. The molecule has 0 bridgehead atoms. The van der Waals surface area contributed by atoms with Gasteiger partial charge in [-0.2, -0.15) is 0 Å². The minimum atomic E-state index is 0.268. The lowest BCUT2D eigenvalue weighted by Crippen LogP contribution is -2.30. The zero-order chi connectivity index (χ0) is 14.9. The van der Waals surface area contributed by atoms with Crippen LogP contribution in [0.3, 0.4) is 0 Å². The van der Waals surface area contributed by atoms with E-state index in [1.807, 2.05) is 6.33 Å². The highest BCUT2D eigenvalue weighted by atomic mass is 15.2. The number of rotatable bonds is 3. The van der Waals surface area contributed by atoms with Gasteiger partial charge in [0.15, 0.2) is 0 Å². The van der Waals surface area contributed by atoms with Crippen molar-refractivity contribution >= 4 is 5.69 Å². The lowest BCUT2D eigenvalue weighted by Gasteiger charge is -2.22. The second-order valence-electron chi connectivity index (χ2n) is 7.92. The summed E-state index contributed by atoms with van der Waals surface area (Å²) in [5.41, 5.74) is 5.74. The van der Waals surface area contributed by atoms with Crippen LogP contribution < -0.4 is 4.90 Å². The highest BCUT2D eigenvalue weighted by Gasteiger charge is 2.41. The van der Waals surface area contributed by atoms with Gasteiger partial charge in [0.1, 0.15) is 0 Å². The van der Waals surface area contributed by atoms with E-state index in [1.54, 1.807) is 0 Å². The SMILES string of the molecule is CC1(C)CN(C2CC2)c2cc(-n3cnc(C4CC4)c3)ccc21. The van der Waals surface area contributed by atoms with Gasteiger partial charge in [0.05, 0.1) is 12.0 Å². The van der Waals surface area contributed by atoms with Crippen molar-refractivity contribution in [1.29, 1.82) is 0 Å². The molecule has 3 aliphatic rings. The van der Waals surface area contributed by atoms with E-state index >= 15 is 0 Å². The van der Waals surface area contributed by atoms with Crippen molar-refractivity contribution in [2.75, 3.05) is 11.4 Å². The van der Waals surface area contributed by atoms with Crippen molar-refractivity contribution in [1.82, 2.24) is 9.55 Å². The van der Waals surface area contributed by atoms with E-state index in [9.17, 15) is 0 Å². The van der Waals surface area contributed by atoms with Crippen molar-refractivity contribution in [3.63, 3.8) is 0 Å². The van der Waals surface area contributed by atoms with Gasteiger partial charge < -0.3 is 9.47 Å². The number of fused-ring (bicyclic) bond motifs is 1. The number of anilines is 1. The van der Waals surface area contributed by atoms with Gasteiger partial charge in [-0.05, 0) is 43.4 Å². The molecule has 5 rings (SSSR count). The Balaban J connectivity index is 1.56. The van der Waals surface area contributed by atoms with Gasteiger partial charge >= 0.3 is 0 Å². The summed E-state index contributed by atoms with van der Waals surface area (Å²) in [4.78, 5) is 7.23. The Hall–Kier alpha value is -1.77. The first kappa shape index (κ1) is 12.7. The van der Waals surface area contributed by atoms with Crippen LogP contribution in [0, 0.1) is 0 Å². The molecule has 3 heteroatoms. The van der Waals surface area contributed by atoms with Crippen molar-refractivity contribution in [2.24, 2.45) is 0 Å². The van der Waals surface area contributed by atoms with Crippen LogP contribution in [-0.4, -0.2) is 22.1 Å². The molecule has 2 aromatic rings. The molecule has 0 radical (unpaired) electrons. The molecule has 0 amide bonds. The van der Waals surface area contributed by atoms with Gasteiger partial charge in [-0.25, -0.2) is 4.98 Å². The molecule has 0 spiro atoms. The average molecular weight is 293 g/mol. The molecule has 0 atom stereocenters. The maximum absolute atomic E-state index is 4.59. The van der Waals surface area contributed by atoms with Gasteiger partial charge in [-0.15, -0.1) is 0 Å². The summed E-state index contributed by atoms with van der Waals surface area (Å²) in [7, 11) is 0. The van der Waals surface area contributed by atoms with Crippen LogP contribution in [0.15, 0.2) is 30.7 Å². The molecule has 2 aliphatic carbocycles. The topological polar surface area (TPSA) is 21.1 Å². The molecule has 1 aromatic heterocycles. The third kappa shape index (κ3) is 1.91. The van der Waals surface area contributed by atoms with Crippen molar-refractivity contribution in [2.45, 2.75) is 56.9 Å². The van der Waals surface area contributed by atoms with Crippen LogP contribution in [0.1, 0.15) is 56.7 Å². The molecule has 22 heavy (non-hydrogen) atoms. The van der Waals surface area contributed by atoms with Crippen LogP contribution in [0.5, 0.6) is 0 Å². The maximum Gasteiger partial charge on any atom is 0.0995 e. The summed E-state index contributed by atoms with van der Waals surface area (Å²) in [6, 6.07) is 7.75. The minimum Gasteiger partial charge on any atom is -0.367 e. The number of hydrogen-bond acceptors (Lipinski definition) is 2. The Morgan fingerprint density at radius 1 is 1.14 bits per heavy atom. The molecule has 2 heterocycles. The summed E-state index contributed by atoms with van der Waals surface area (Å²) >= 11 is 0. The van der Waals surface area contributed by atoms with Crippen molar-refractivity contribution < 1.29 is 0 Å². The summed E-state index contributed by atoms with van der Waals surface area (Å²) in [5, 5.41) is 0. The van der Waals surface area contributed by atoms with Crippen LogP contribution in [0.25, 0.3) is 5.69 Å². The van der Waals surface area contributed by atoms with Gasteiger partial charge in [-0.3, -0.25) is 0 Å². The zero-order valence-corrected chi connectivity index (χ0v) is 13.4. The van der Waals surface area contributed by atoms with E-state index in [4.69, 9.17) is 0 Å². The fourth-order valence-corrected chi connectivity index (χ4v) is 3.87. The molecule has 114 valence electrons. The van der Waals surface area contributed by atoms with Crippen molar-refractivity contribution in [3.05, 3.63) is 42.0 Å².